The third kappa shape index (κ3) is 2.49. The second kappa shape index (κ2) is 4.97. The molecule has 1 heterocycles. The SMILES string of the molecule is CCc1nn(C)c(Oc2cccc(N)c2)c1[N+](=O)[O-]. The van der Waals surface area contributed by atoms with E-state index in [0.29, 0.717) is 23.6 Å². The summed E-state index contributed by atoms with van der Waals surface area (Å²) < 4.78 is 6.90. The Morgan fingerprint density at radius 2 is 2.26 bits per heavy atom. The van der Waals surface area contributed by atoms with Gasteiger partial charge in [-0.15, -0.1) is 0 Å². The van der Waals surface area contributed by atoms with Crippen LogP contribution in [-0.2, 0) is 13.5 Å². The largest absolute Gasteiger partial charge is 0.434 e. The van der Waals surface area contributed by atoms with Gasteiger partial charge in [-0.25, -0.2) is 4.68 Å². The van der Waals surface area contributed by atoms with E-state index in [0.717, 1.165) is 0 Å². The Labute approximate surface area is 109 Å². The normalized spacial score (nSPS) is 10.4. The van der Waals surface area contributed by atoms with Gasteiger partial charge in [0.2, 0.25) is 0 Å². The fraction of sp³-hybridized carbons (Fsp3) is 0.250. The molecular formula is C12H14N4O3. The molecule has 0 aliphatic heterocycles. The van der Waals surface area contributed by atoms with Crippen molar-refractivity contribution < 1.29 is 9.66 Å². The Hall–Kier alpha value is -2.57. The van der Waals surface area contributed by atoms with E-state index in [2.05, 4.69) is 5.10 Å². The number of hydrogen-bond acceptors (Lipinski definition) is 5. The minimum absolute atomic E-state index is 0.104. The highest BCUT2D eigenvalue weighted by Crippen LogP contribution is 2.34. The molecule has 0 saturated carbocycles. The van der Waals surface area contributed by atoms with Gasteiger partial charge in [-0.05, 0) is 18.6 Å². The average molecular weight is 262 g/mol. The Morgan fingerprint density at radius 1 is 1.53 bits per heavy atom. The zero-order valence-corrected chi connectivity index (χ0v) is 10.7. The van der Waals surface area contributed by atoms with E-state index in [-0.39, 0.29) is 11.6 Å². The molecule has 0 bridgehead atoms. The van der Waals surface area contributed by atoms with Crippen LogP contribution in [0.5, 0.6) is 11.6 Å². The lowest BCUT2D eigenvalue weighted by atomic mass is 10.3. The van der Waals surface area contributed by atoms with Crippen molar-refractivity contribution in [1.29, 1.82) is 0 Å². The van der Waals surface area contributed by atoms with E-state index in [1.165, 1.54) is 4.68 Å². The first-order valence-corrected chi connectivity index (χ1v) is 5.76. The lowest BCUT2D eigenvalue weighted by Crippen LogP contribution is -1.98. The molecule has 0 fully saturated rings. The van der Waals surface area contributed by atoms with Crippen LogP contribution in [0.15, 0.2) is 24.3 Å². The van der Waals surface area contributed by atoms with E-state index in [9.17, 15) is 10.1 Å². The molecule has 19 heavy (non-hydrogen) atoms. The van der Waals surface area contributed by atoms with Gasteiger partial charge in [-0.3, -0.25) is 10.1 Å². The predicted molar refractivity (Wildman–Crippen MR) is 70.2 cm³/mol. The first-order chi connectivity index (χ1) is 9.02. The van der Waals surface area contributed by atoms with Crippen LogP contribution in [0.1, 0.15) is 12.6 Å². The molecular weight excluding hydrogens is 248 g/mol. The van der Waals surface area contributed by atoms with Crippen molar-refractivity contribution >= 4 is 11.4 Å². The maximum absolute atomic E-state index is 11.1. The molecule has 1 aromatic carbocycles. The van der Waals surface area contributed by atoms with Gasteiger partial charge in [0.25, 0.3) is 5.88 Å². The highest BCUT2D eigenvalue weighted by atomic mass is 16.6. The quantitative estimate of drug-likeness (QED) is 0.518. The zero-order valence-electron chi connectivity index (χ0n) is 10.7. The molecule has 100 valence electrons. The predicted octanol–water partition coefficient (Wildman–Crippen LogP) is 2.27. The van der Waals surface area contributed by atoms with Gasteiger partial charge in [0.15, 0.2) is 0 Å². The van der Waals surface area contributed by atoms with Crippen molar-refractivity contribution in [2.75, 3.05) is 5.73 Å². The van der Waals surface area contributed by atoms with Crippen LogP contribution in [0, 0.1) is 10.1 Å². The fourth-order valence-electron chi connectivity index (χ4n) is 1.78. The number of nitrogens with two attached hydrogens (primary N) is 1. The Morgan fingerprint density at radius 3 is 2.84 bits per heavy atom. The number of rotatable bonds is 4. The van der Waals surface area contributed by atoms with Crippen LogP contribution in [0.4, 0.5) is 11.4 Å². The third-order valence-corrected chi connectivity index (χ3v) is 2.63. The number of aromatic nitrogens is 2. The van der Waals surface area contributed by atoms with Gasteiger partial charge >= 0.3 is 5.69 Å². The summed E-state index contributed by atoms with van der Waals surface area (Å²) in [5.74, 6) is 0.543. The van der Waals surface area contributed by atoms with Crippen LogP contribution in [0.3, 0.4) is 0 Å². The molecule has 2 aromatic rings. The molecule has 2 rings (SSSR count). The van der Waals surface area contributed by atoms with Gasteiger partial charge in [0.1, 0.15) is 11.4 Å². The van der Waals surface area contributed by atoms with Gasteiger partial charge in [0, 0.05) is 18.8 Å². The number of nitrogen functional groups attached to an aromatic ring is 1. The van der Waals surface area contributed by atoms with E-state index in [1.807, 2.05) is 0 Å². The van der Waals surface area contributed by atoms with Crippen LogP contribution in [0.25, 0.3) is 0 Å². The Bertz CT molecular complexity index is 621. The number of ether oxygens (including phenoxy) is 1. The minimum Gasteiger partial charge on any atom is -0.434 e. The minimum atomic E-state index is -0.479. The number of benzene rings is 1. The number of anilines is 1. The second-order valence-electron chi connectivity index (χ2n) is 4.01. The van der Waals surface area contributed by atoms with Crippen molar-refractivity contribution in [2.24, 2.45) is 7.05 Å². The smallest absolute Gasteiger partial charge is 0.353 e. The van der Waals surface area contributed by atoms with Gasteiger partial charge < -0.3 is 10.5 Å². The molecule has 1 aromatic heterocycles. The zero-order chi connectivity index (χ0) is 14.0. The number of nitrogens with zero attached hydrogens (tertiary/aromatic N) is 3. The third-order valence-electron chi connectivity index (χ3n) is 2.63. The van der Waals surface area contributed by atoms with Crippen molar-refractivity contribution in [3.8, 4) is 11.6 Å². The molecule has 0 atom stereocenters. The van der Waals surface area contributed by atoms with Crippen LogP contribution < -0.4 is 10.5 Å². The Balaban J connectivity index is 2.45. The van der Waals surface area contributed by atoms with E-state index >= 15 is 0 Å². The number of nitro groups is 1. The summed E-state index contributed by atoms with van der Waals surface area (Å²) in [5.41, 5.74) is 6.46. The van der Waals surface area contributed by atoms with Crippen molar-refractivity contribution in [1.82, 2.24) is 9.78 Å². The van der Waals surface area contributed by atoms with Crippen molar-refractivity contribution in [2.45, 2.75) is 13.3 Å². The molecule has 0 aliphatic rings. The highest BCUT2D eigenvalue weighted by Gasteiger charge is 2.27. The van der Waals surface area contributed by atoms with E-state index in [4.69, 9.17) is 10.5 Å². The molecule has 7 heteroatoms. The van der Waals surface area contributed by atoms with E-state index in [1.54, 1.807) is 38.2 Å². The molecule has 2 N–H and O–H groups in total. The summed E-state index contributed by atoms with van der Waals surface area (Å²) in [7, 11) is 1.60. The monoisotopic (exact) mass is 262 g/mol. The molecule has 0 radical (unpaired) electrons. The van der Waals surface area contributed by atoms with Crippen LogP contribution in [-0.4, -0.2) is 14.7 Å². The number of aryl methyl sites for hydroxylation is 2. The van der Waals surface area contributed by atoms with Gasteiger partial charge in [0.05, 0.1) is 4.92 Å². The average Bonchev–Trinajstić information content (AvgIpc) is 2.66. The van der Waals surface area contributed by atoms with Crippen LogP contribution in [0.2, 0.25) is 0 Å². The highest BCUT2D eigenvalue weighted by molar-refractivity contribution is 5.50. The summed E-state index contributed by atoms with van der Waals surface area (Å²) in [6.07, 6.45) is 0.463. The summed E-state index contributed by atoms with van der Waals surface area (Å²) in [5, 5.41) is 15.2. The molecule has 0 spiro atoms. The van der Waals surface area contributed by atoms with Crippen molar-refractivity contribution in [3.05, 3.63) is 40.1 Å². The first kappa shape index (κ1) is 12.9. The van der Waals surface area contributed by atoms with Crippen LogP contribution >= 0.6 is 0 Å². The van der Waals surface area contributed by atoms with Gasteiger partial charge in [-0.2, -0.15) is 5.10 Å². The molecule has 0 amide bonds. The van der Waals surface area contributed by atoms with Crippen molar-refractivity contribution in [3.63, 3.8) is 0 Å². The molecule has 0 saturated heterocycles. The summed E-state index contributed by atoms with van der Waals surface area (Å²) in [6, 6.07) is 6.70. The molecule has 0 unspecified atom stereocenters. The maximum Gasteiger partial charge on any atom is 0.353 e. The maximum atomic E-state index is 11.1. The second-order valence-corrected chi connectivity index (χ2v) is 4.01. The summed E-state index contributed by atoms with van der Waals surface area (Å²) in [4.78, 5) is 10.6. The lowest BCUT2D eigenvalue weighted by Gasteiger charge is -2.05. The lowest BCUT2D eigenvalue weighted by molar-refractivity contribution is -0.386. The van der Waals surface area contributed by atoms with E-state index < -0.39 is 4.92 Å². The fourth-order valence-corrected chi connectivity index (χ4v) is 1.78. The Kier molecular flexibility index (Phi) is 3.37. The number of hydrogen-bond donors (Lipinski definition) is 1. The first-order valence-electron chi connectivity index (χ1n) is 5.76. The summed E-state index contributed by atoms with van der Waals surface area (Å²) in [6.45, 7) is 1.81. The summed E-state index contributed by atoms with van der Waals surface area (Å²) >= 11 is 0. The molecule has 0 aliphatic carbocycles. The molecule has 7 nitrogen and oxygen atoms in total. The van der Waals surface area contributed by atoms with Gasteiger partial charge in [-0.1, -0.05) is 13.0 Å². The topological polar surface area (TPSA) is 96.2 Å². The standard InChI is InChI=1S/C12H14N4O3/c1-3-10-11(16(17)18)12(15(2)14-10)19-9-6-4-5-8(13)7-9/h4-7H,3,13H2,1-2H3.